The van der Waals surface area contributed by atoms with Gasteiger partial charge in [-0.25, -0.2) is 9.50 Å². The van der Waals surface area contributed by atoms with Gasteiger partial charge in [0.25, 0.3) is 0 Å². The molecule has 3 rings (SSSR count). The van der Waals surface area contributed by atoms with Gasteiger partial charge in [-0.15, -0.1) is 0 Å². The molecule has 0 radical (unpaired) electrons. The molecular formula is C14H17BrClN3. The maximum atomic E-state index is 6.32. The molecule has 0 bridgehead atoms. The van der Waals surface area contributed by atoms with E-state index in [1.54, 1.807) is 10.7 Å². The first-order chi connectivity index (χ1) is 9.06. The van der Waals surface area contributed by atoms with Crippen LogP contribution in [0.2, 0.25) is 5.15 Å². The third-order valence-corrected chi connectivity index (χ3v) is 5.07. The lowest BCUT2D eigenvalue weighted by atomic mass is 9.74. The lowest BCUT2D eigenvalue weighted by Gasteiger charge is -2.32. The highest BCUT2D eigenvalue weighted by Crippen LogP contribution is 2.40. The van der Waals surface area contributed by atoms with Gasteiger partial charge in [-0.3, -0.25) is 0 Å². The Balaban J connectivity index is 2.06. The topological polar surface area (TPSA) is 30.2 Å². The number of hydrogen-bond donors (Lipinski definition) is 0. The van der Waals surface area contributed by atoms with Crippen LogP contribution in [0.25, 0.3) is 5.65 Å². The molecule has 1 aliphatic carbocycles. The highest BCUT2D eigenvalue weighted by Gasteiger charge is 2.28. The SMILES string of the molecule is CC1CCC(C)C(c2cc(Cl)n3ncc(Br)c3n2)C1. The van der Waals surface area contributed by atoms with Crippen LogP contribution in [-0.4, -0.2) is 14.6 Å². The lowest BCUT2D eigenvalue weighted by molar-refractivity contribution is 0.261. The Labute approximate surface area is 126 Å². The first-order valence-corrected chi connectivity index (χ1v) is 7.93. The number of halogens is 2. The van der Waals surface area contributed by atoms with E-state index in [0.29, 0.717) is 17.0 Å². The Morgan fingerprint density at radius 1 is 1.37 bits per heavy atom. The second kappa shape index (κ2) is 5.06. The molecule has 0 saturated heterocycles. The average Bonchev–Trinajstić information content (AvgIpc) is 2.75. The maximum Gasteiger partial charge on any atom is 0.171 e. The molecule has 5 heteroatoms. The molecule has 3 unspecified atom stereocenters. The number of hydrogen-bond acceptors (Lipinski definition) is 2. The third kappa shape index (κ3) is 2.40. The monoisotopic (exact) mass is 341 g/mol. The number of nitrogens with zero attached hydrogens (tertiary/aromatic N) is 3. The van der Waals surface area contributed by atoms with Crippen LogP contribution in [0.4, 0.5) is 0 Å². The first-order valence-electron chi connectivity index (χ1n) is 6.76. The van der Waals surface area contributed by atoms with Crippen molar-refractivity contribution < 1.29 is 0 Å². The van der Waals surface area contributed by atoms with Gasteiger partial charge < -0.3 is 0 Å². The molecule has 0 amide bonds. The fraction of sp³-hybridized carbons (Fsp3) is 0.571. The van der Waals surface area contributed by atoms with Crippen LogP contribution < -0.4 is 0 Å². The molecule has 102 valence electrons. The van der Waals surface area contributed by atoms with E-state index in [0.717, 1.165) is 21.7 Å². The molecule has 1 fully saturated rings. The summed E-state index contributed by atoms with van der Waals surface area (Å²) in [7, 11) is 0. The Morgan fingerprint density at radius 2 is 2.16 bits per heavy atom. The van der Waals surface area contributed by atoms with Crippen LogP contribution in [-0.2, 0) is 0 Å². The smallest absolute Gasteiger partial charge is 0.171 e. The molecule has 1 aliphatic rings. The Bertz CT molecular complexity index is 610. The average molecular weight is 343 g/mol. The summed E-state index contributed by atoms with van der Waals surface area (Å²) >= 11 is 9.80. The quantitative estimate of drug-likeness (QED) is 0.704. The van der Waals surface area contributed by atoms with E-state index in [4.69, 9.17) is 16.6 Å². The summed E-state index contributed by atoms with van der Waals surface area (Å²) in [5.74, 6) is 1.95. The number of rotatable bonds is 1. The van der Waals surface area contributed by atoms with E-state index in [1.807, 2.05) is 6.07 Å². The molecule has 0 spiro atoms. The van der Waals surface area contributed by atoms with Crippen LogP contribution in [0.3, 0.4) is 0 Å². The molecule has 3 nitrogen and oxygen atoms in total. The van der Waals surface area contributed by atoms with Gasteiger partial charge in [0.2, 0.25) is 0 Å². The van der Waals surface area contributed by atoms with Crippen molar-refractivity contribution in [3.8, 4) is 0 Å². The zero-order valence-corrected chi connectivity index (χ0v) is 13.4. The summed E-state index contributed by atoms with van der Waals surface area (Å²) < 4.78 is 2.57. The Kier molecular flexibility index (Phi) is 3.56. The minimum atomic E-state index is 0.507. The minimum Gasteiger partial charge on any atom is -0.232 e. The zero-order chi connectivity index (χ0) is 13.6. The van der Waals surface area contributed by atoms with Crippen molar-refractivity contribution >= 4 is 33.2 Å². The summed E-state index contributed by atoms with van der Waals surface area (Å²) in [4.78, 5) is 4.77. The van der Waals surface area contributed by atoms with Crippen molar-refractivity contribution in [2.24, 2.45) is 11.8 Å². The van der Waals surface area contributed by atoms with Crippen molar-refractivity contribution in [2.75, 3.05) is 0 Å². The minimum absolute atomic E-state index is 0.507. The predicted molar refractivity (Wildman–Crippen MR) is 80.6 cm³/mol. The van der Waals surface area contributed by atoms with Gasteiger partial charge in [-0.05, 0) is 46.7 Å². The molecule has 0 N–H and O–H groups in total. The summed E-state index contributed by atoms with van der Waals surface area (Å²) in [6.45, 7) is 4.65. The molecule has 1 saturated carbocycles. The van der Waals surface area contributed by atoms with Crippen LogP contribution >= 0.6 is 27.5 Å². The fourth-order valence-corrected chi connectivity index (χ4v) is 3.63. The van der Waals surface area contributed by atoms with Crippen molar-refractivity contribution in [3.05, 3.63) is 27.6 Å². The van der Waals surface area contributed by atoms with Gasteiger partial charge >= 0.3 is 0 Å². The van der Waals surface area contributed by atoms with Crippen molar-refractivity contribution in [3.63, 3.8) is 0 Å². The van der Waals surface area contributed by atoms with E-state index < -0.39 is 0 Å². The first kappa shape index (κ1) is 13.4. The third-order valence-electron chi connectivity index (χ3n) is 4.24. The van der Waals surface area contributed by atoms with Crippen molar-refractivity contribution in [1.29, 1.82) is 0 Å². The lowest BCUT2D eigenvalue weighted by Crippen LogP contribution is -2.21. The fourth-order valence-electron chi connectivity index (χ4n) is 3.05. The van der Waals surface area contributed by atoms with E-state index in [9.17, 15) is 0 Å². The largest absolute Gasteiger partial charge is 0.232 e. The number of aromatic nitrogens is 3. The molecule has 0 aromatic carbocycles. The van der Waals surface area contributed by atoms with Crippen LogP contribution in [0.5, 0.6) is 0 Å². The summed E-state index contributed by atoms with van der Waals surface area (Å²) in [5.41, 5.74) is 1.92. The van der Waals surface area contributed by atoms with E-state index in [1.165, 1.54) is 19.3 Å². The van der Waals surface area contributed by atoms with Gasteiger partial charge in [0.1, 0.15) is 5.15 Å². The van der Waals surface area contributed by atoms with E-state index in [2.05, 4.69) is 34.9 Å². The standard InChI is InChI=1S/C14H17BrClN3/c1-8-3-4-9(2)10(5-8)12-6-13(16)19-14(18-12)11(15)7-17-19/h6-10H,3-5H2,1-2H3. The van der Waals surface area contributed by atoms with Gasteiger partial charge in [-0.2, -0.15) is 5.10 Å². The number of fused-ring (bicyclic) bond motifs is 1. The highest BCUT2D eigenvalue weighted by atomic mass is 79.9. The van der Waals surface area contributed by atoms with Crippen molar-refractivity contribution in [2.45, 2.75) is 39.0 Å². The maximum absolute atomic E-state index is 6.32. The molecule has 2 heterocycles. The molecule has 2 aromatic rings. The van der Waals surface area contributed by atoms with Gasteiger partial charge in [0.15, 0.2) is 5.65 Å². The highest BCUT2D eigenvalue weighted by molar-refractivity contribution is 9.10. The van der Waals surface area contributed by atoms with Gasteiger partial charge in [0, 0.05) is 11.6 Å². The van der Waals surface area contributed by atoms with Crippen LogP contribution in [0.1, 0.15) is 44.7 Å². The van der Waals surface area contributed by atoms with E-state index >= 15 is 0 Å². The van der Waals surface area contributed by atoms with Gasteiger partial charge in [-0.1, -0.05) is 31.9 Å². The molecule has 19 heavy (non-hydrogen) atoms. The molecular weight excluding hydrogens is 326 g/mol. The second-order valence-electron chi connectivity index (χ2n) is 5.73. The summed E-state index contributed by atoms with van der Waals surface area (Å²) in [6, 6.07) is 1.98. The summed E-state index contributed by atoms with van der Waals surface area (Å²) in [5, 5.41) is 4.85. The molecule has 2 aromatic heterocycles. The Morgan fingerprint density at radius 3 is 2.95 bits per heavy atom. The predicted octanol–water partition coefficient (Wildman–Crippen LogP) is 4.68. The van der Waals surface area contributed by atoms with Crippen LogP contribution in [0, 0.1) is 11.8 Å². The second-order valence-corrected chi connectivity index (χ2v) is 6.98. The zero-order valence-electron chi connectivity index (χ0n) is 11.1. The van der Waals surface area contributed by atoms with Crippen LogP contribution in [0.15, 0.2) is 16.7 Å². The van der Waals surface area contributed by atoms with E-state index in [-0.39, 0.29) is 0 Å². The van der Waals surface area contributed by atoms with Gasteiger partial charge in [0.05, 0.1) is 10.7 Å². The molecule has 3 atom stereocenters. The Hall–Kier alpha value is -0.610. The summed E-state index contributed by atoms with van der Waals surface area (Å²) in [6.07, 6.45) is 5.54. The molecule has 0 aliphatic heterocycles. The normalized spacial score (nSPS) is 27.9. The van der Waals surface area contributed by atoms with Crippen molar-refractivity contribution in [1.82, 2.24) is 14.6 Å².